The summed E-state index contributed by atoms with van der Waals surface area (Å²) in [6.07, 6.45) is -2.02. The minimum atomic E-state index is -4.56. The van der Waals surface area contributed by atoms with Gasteiger partial charge in [0.2, 0.25) is 0 Å². The van der Waals surface area contributed by atoms with Gasteiger partial charge in [0, 0.05) is 30.2 Å². The Bertz CT molecular complexity index is 585. The molecule has 1 unspecified atom stereocenters. The fourth-order valence-electron chi connectivity index (χ4n) is 3.25. The smallest absolute Gasteiger partial charge is 0.325 e. The Balaban J connectivity index is 0.000000189. The molecule has 1 atom stereocenters. The van der Waals surface area contributed by atoms with E-state index in [-0.39, 0.29) is 16.9 Å². The van der Waals surface area contributed by atoms with E-state index in [0.717, 1.165) is 25.2 Å². The molecular weight excluding hydrogens is 367 g/mol. The number of rotatable bonds is 3. The van der Waals surface area contributed by atoms with Crippen molar-refractivity contribution in [2.45, 2.75) is 37.0 Å². The standard InChI is InChI=1S/C9H6ClF3O.C9H19N3/c10-7-3-1-2-6(4-7)8(5-14)9(11,12)13;1-11-4-2-9(3-5-11)12-6-8(10)7-12/h1-5,8H;8-9H,2-7,10H2,1H3. The summed E-state index contributed by atoms with van der Waals surface area (Å²) in [6, 6.07) is 6.47. The highest BCUT2D eigenvalue weighted by Crippen LogP contribution is 2.33. The van der Waals surface area contributed by atoms with Gasteiger partial charge in [0.1, 0.15) is 12.2 Å². The van der Waals surface area contributed by atoms with Crippen LogP contribution in [0.1, 0.15) is 24.3 Å². The van der Waals surface area contributed by atoms with Crippen molar-refractivity contribution in [3.8, 4) is 0 Å². The van der Waals surface area contributed by atoms with Crippen LogP contribution in [0.2, 0.25) is 5.02 Å². The first-order chi connectivity index (χ1) is 12.2. The van der Waals surface area contributed by atoms with Crippen molar-refractivity contribution in [2.24, 2.45) is 5.73 Å². The van der Waals surface area contributed by atoms with Crippen LogP contribution in [-0.4, -0.2) is 67.6 Å². The number of hydrogen-bond acceptors (Lipinski definition) is 4. The van der Waals surface area contributed by atoms with Gasteiger partial charge in [-0.1, -0.05) is 23.7 Å². The van der Waals surface area contributed by atoms with Crippen molar-refractivity contribution in [1.29, 1.82) is 0 Å². The molecule has 26 heavy (non-hydrogen) atoms. The first kappa shape index (κ1) is 21.2. The maximum absolute atomic E-state index is 12.3. The van der Waals surface area contributed by atoms with Gasteiger partial charge in [-0.05, 0) is 50.7 Å². The van der Waals surface area contributed by atoms with Crippen LogP contribution in [-0.2, 0) is 4.79 Å². The molecule has 2 aliphatic rings. The van der Waals surface area contributed by atoms with Gasteiger partial charge in [-0.25, -0.2) is 0 Å². The Morgan fingerprint density at radius 3 is 2.35 bits per heavy atom. The molecule has 0 radical (unpaired) electrons. The molecule has 3 rings (SSSR count). The van der Waals surface area contributed by atoms with Crippen LogP contribution >= 0.6 is 11.6 Å². The van der Waals surface area contributed by atoms with E-state index in [4.69, 9.17) is 17.3 Å². The van der Waals surface area contributed by atoms with Crippen LogP contribution < -0.4 is 5.73 Å². The molecule has 0 amide bonds. The van der Waals surface area contributed by atoms with E-state index < -0.39 is 12.1 Å². The number of piperidine rings is 1. The van der Waals surface area contributed by atoms with Gasteiger partial charge in [0.05, 0.1) is 0 Å². The Kier molecular flexibility index (Phi) is 7.46. The fraction of sp³-hybridized carbons (Fsp3) is 0.611. The number of hydrogen-bond donors (Lipinski definition) is 1. The normalized spacial score (nSPS) is 21.5. The minimum absolute atomic E-state index is 0.133. The van der Waals surface area contributed by atoms with Crippen molar-refractivity contribution < 1.29 is 18.0 Å². The number of likely N-dealkylation sites (tertiary alicyclic amines) is 2. The molecule has 8 heteroatoms. The lowest BCUT2D eigenvalue weighted by Crippen LogP contribution is -2.60. The zero-order valence-electron chi connectivity index (χ0n) is 14.8. The van der Waals surface area contributed by atoms with Crippen LogP contribution in [0.4, 0.5) is 13.2 Å². The summed E-state index contributed by atoms with van der Waals surface area (Å²) in [5.41, 5.74) is 5.61. The fourth-order valence-corrected chi connectivity index (χ4v) is 3.45. The highest BCUT2D eigenvalue weighted by Gasteiger charge is 2.40. The monoisotopic (exact) mass is 391 g/mol. The first-order valence-corrected chi connectivity index (χ1v) is 9.04. The third-order valence-corrected chi connectivity index (χ3v) is 5.07. The Labute approximate surface area is 157 Å². The molecule has 146 valence electrons. The van der Waals surface area contributed by atoms with Gasteiger partial charge < -0.3 is 15.4 Å². The molecule has 1 aromatic rings. The third-order valence-electron chi connectivity index (χ3n) is 4.84. The van der Waals surface area contributed by atoms with Gasteiger partial charge in [-0.3, -0.25) is 4.90 Å². The molecule has 0 bridgehead atoms. The first-order valence-electron chi connectivity index (χ1n) is 8.66. The summed E-state index contributed by atoms with van der Waals surface area (Å²) in [5, 5.41) is 0.179. The van der Waals surface area contributed by atoms with E-state index in [9.17, 15) is 18.0 Å². The molecule has 0 aromatic heterocycles. The van der Waals surface area contributed by atoms with Crippen LogP contribution in [0.25, 0.3) is 0 Å². The maximum Gasteiger partial charge on any atom is 0.402 e. The maximum atomic E-state index is 12.3. The van der Waals surface area contributed by atoms with Gasteiger partial charge in [0.15, 0.2) is 0 Å². The topological polar surface area (TPSA) is 49.6 Å². The van der Waals surface area contributed by atoms with Crippen LogP contribution in [0, 0.1) is 0 Å². The molecule has 0 aliphatic carbocycles. The molecule has 2 fully saturated rings. The highest BCUT2D eigenvalue weighted by atomic mass is 35.5. The van der Waals surface area contributed by atoms with E-state index in [1.807, 2.05) is 0 Å². The molecule has 2 heterocycles. The number of halogens is 4. The van der Waals surface area contributed by atoms with Crippen molar-refractivity contribution in [2.75, 3.05) is 33.2 Å². The Morgan fingerprint density at radius 1 is 1.27 bits per heavy atom. The molecule has 2 saturated heterocycles. The quantitative estimate of drug-likeness (QED) is 0.805. The lowest BCUT2D eigenvalue weighted by molar-refractivity contribution is -0.155. The third kappa shape index (κ3) is 5.94. The predicted molar refractivity (Wildman–Crippen MR) is 96.4 cm³/mol. The lowest BCUT2D eigenvalue weighted by Gasteiger charge is -2.45. The van der Waals surface area contributed by atoms with Crippen molar-refractivity contribution in [1.82, 2.24) is 9.80 Å². The summed E-state index contributed by atoms with van der Waals surface area (Å²) in [5.74, 6) is -2.10. The van der Waals surface area contributed by atoms with Crippen molar-refractivity contribution in [3.05, 3.63) is 34.9 Å². The second kappa shape index (κ2) is 9.17. The van der Waals surface area contributed by atoms with Crippen molar-refractivity contribution >= 4 is 17.9 Å². The molecule has 2 aliphatic heterocycles. The number of benzene rings is 1. The van der Waals surface area contributed by atoms with Crippen LogP contribution in [0.5, 0.6) is 0 Å². The average Bonchev–Trinajstić information content (AvgIpc) is 2.53. The average molecular weight is 392 g/mol. The molecular formula is C18H25ClF3N3O. The number of aldehydes is 1. The molecule has 0 saturated carbocycles. The zero-order chi connectivity index (χ0) is 19.3. The van der Waals surface area contributed by atoms with Gasteiger partial charge in [0.25, 0.3) is 0 Å². The van der Waals surface area contributed by atoms with E-state index >= 15 is 0 Å². The predicted octanol–water partition coefficient (Wildman–Crippen LogP) is 2.91. The zero-order valence-corrected chi connectivity index (χ0v) is 15.5. The Hall–Kier alpha value is -1.15. The summed E-state index contributed by atoms with van der Waals surface area (Å²) in [4.78, 5) is 15.3. The molecule has 0 spiro atoms. The van der Waals surface area contributed by atoms with E-state index in [2.05, 4.69) is 16.8 Å². The Morgan fingerprint density at radius 2 is 1.88 bits per heavy atom. The summed E-state index contributed by atoms with van der Waals surface area (Å²) in [7, 11) is 2.21. The second-order valence-electron chi connectivity index (χ2n) is 6.96. The number of carbonyl (C=O) groups excluding carboxylic acids is 1. The van der Waals surface area contributed by atoms with Crippen molar-refractivity contribution in [3.63, 3.8) is 0 Å². The minimum Gasteiger partial charge on any atom is -0.325 e. The van der Waals surface area contributed by atoms with E-state index in [0.29, 0.717) is 6.04 Å². The number of nitrogens with two attached hydrogens (primary N) is 1. The SMILES string of the molecule is CN1CCC(N2CC(N)C2)CC1.O=CC(c1cccc(Cl)c1)C(F)(F)F. The van der Waals surface area contributed by atoms with Gasteiger partial charge in [-0.2, -0.15) is 13.2 Å². The second-order valence-corrected chi connectivity index (χ2v) is 7.40. The molecule has 2 N–H and O–H groups in total. The van der Waals surface area contributed by atoms with Gasteiger partial charge in [-0.15, -0.1) is 0 Å². The van der Waals surface area contributed by atoms with Gasteiger partial charge >= 0.3 is 6.18 Å². The van der Waals surface area contributed by atoms with Crippen LogP contribution in [0.15, 0.2) is 24.3 Å². The molecule has 4 nitrogen and oxygen atoms in total. The largest absolute Gasteiger partial charge is 0.402 e. The summed E-state index contributed by atoms with van der Waals surface area (Å²) >= 11 is 5.51. The number of nitrogens with zero attached hydrogens (tertiary/aromatic N) is 2. The van der Waals surface area contributed by atoms with E-state index in [1.54, 1.807) is 0 Å². The number of alkyl halides is 3. The summed E-state index contributed by atoms with van der Waals surface area (Å²) in [6.45, 7) is 4.79. The molecule has 1 aromatic carbocycles. The highest BCUT2D eigenvalue weighted by molar-refractivity contribution is 6.30. The van der Waals surface area contributed by atoms with Crippen LogP contribution in [0.3, 0.4) is 0 Å². The van der Waals surface area contributed by atoms with E-state index in [1.165, 1.54) is 44.1 Å². The summed E-state index contributed by atoms with van der Waals surface area (Å²) < 4.78 is 36.8. The number of carbonyl (C=O) groups is 1. The lowest BCUT2D eigenvalue weighted by atomic mass is 9.98.